The minimum Gasteiger partial charge on any atom is -0.329 e. The van der Waals surface area contributed by atoms with Crippen molar-refractivity contribution in [1.82, 2.24) is 5.06 Å². The van der Waals surface area contributed by atoms with Gasteiger partial charge in [0.25, 0.3) is 11.8 Å². The second-order valence-electron chi connectivity index (χ2n) is 6.42. The van der Waals surface area contributed by atoms with Gasteiger partial charge >= 0.3 is 12.1 Å². The summed E-state index contributed by atoms with van der Waals surface area (Å²) in [6.07, 6.45) is -5.37. The lowest BCUT2D eigenvalue weighted by molar-refractivity contribution is -0.358. The number of amides is 2. The molecule has 1 heterocycles. The van der Waals surface area contributed by atoms with E-state index in [1.165, 1.54) is 12.1 Å². The minimum atomic E-state index is -4.34. The Kier molecular flexibility index (Phi) is 2.43. The highest BCUT2D eigenvalue weighted by molar-refractivity contribution is 6.20. The Hall–Kier alpha value is -2.38. The average Bonchev–Trinajstić information content (AvgIpc) is 2.60. The van der Waals surface area contributed by atoms with Gasteiger partial charge in [0, 0.05) is 0 Å². The first-order valence-corrected chi connectivity index (χ1v) is 6.96. The zero-order valence-electron chi connectivity index (χ0n) is 11.6. The lowest BCUT2D eigenvalue weighted by Crippen LogP contribution is -2.71. The Morgan fingerprint density at radius 2 is 1.52 bits per heavy atom. The normalized spacial score (nSPS) is 31.3. The SMILES string of the molecule is O=C1c2ccccc2C(=O)N1OC(=O)C12CC(C(F)(F)F)(C1)C2. The largest absolute Gasteiger partial charge is 0.394 e. The van der Waals surface area contributed by atoms with Gasteiger partial charge in [0.15, 0.2) is 0 Å². The second-order valence-corrected chi connectivity index (χ2v) is 6.42. The van der Waals surface area contributed by atoms with Crippen LogP contribution in [0.4, 0.5) is 13.2 Å². The first kappa shape index (κ1) is 14.2. The van der Waals surface area contributed by atoms with Gasteiger partial charge in [-0.15, -0.1) is 0 Å². The molecular weight excluding hydrogens is 315 g/mol. The van der Waals surface area contributed by atoms with Crippen LogP contribution in [0.5, 0.6) is 0 Å². The Morgan fingerprint density at radius 3 is 1.96 bits per heavy atom. The predicted octanol–water partition coefficient (Wildman–Crippen LogP) is 2.47. The third-order valence-electron chi connectivity index (χ3n) is 5.00. The molecule has 1 aliphatic heterocycles. The highest BCUT2D eigenvalue weighted by atomic mass is 19.4. The lowest BCUT2D eigenvalue weighted by atomic mass is 9.35. The summed E-state index contributed by atoms with van der Waals surface area (Å²) in [5.41, 5.74) is -2.80. The maximum Gasteiger partial charge on any atom is 0.394 e. The summed E-state index contributed by atoms with van der Waals surface area (Å²) in [6, 6.07) is 5.96. The van der Waals surface area contributed by atoms with Gasteiger partial charge in [-0.25, -0.2) is 4.79 Å². The van der Waals surface area contributed by atoms with E-state index in [0.29, 0.717) is 5.06 Å². The van der Waals surface area contributed by atoms with Gasteiger partial charge in [-0.1, -0.05) is 17.2 Å². The maximum absolute atomic E-state index is 12.8. The zero-order valence-corrected chi connectivity index (χ0v) is 11.6. The molecule has 0 saturated heterocycles. The molecule has 3 fully saturated rings. The number of rotatable bonds is 2. The number of hydrogen-bond acceptors (Lipinski definition) is 4. The van der Waals surface area contributed by atoms with Gasteiger partial charge in [-0.2, -0.15) is 13.2 Å². The molecule has 0 spiro atoms. The summed E-state index contributed by atoms with van der Waals surface area (Å²) in [5.74, 6) is -2.51. The number of hydroxylamine groups is 2. The zero-order chi connectivity index (χ0) is 16.6. The molecule has 2 amide bonds. The van der Waals surface area contributed by atoms with Crippen molar-refractivity contribution in [3.05, 3.63) is 35.4 Å². The van der Waals surface area contributed by atoms with Crippen LogP contribution in [0.1, 0.15) is 40.0 Å². The molecule has 2 bridgehead atoms. The Balaban J connectivity index is 1.48. The molecule has 23 heavy (non-hydrogen) atoms. The van der Waals surface area contributed by atoms with E-state index in [0.717, 1.165) is 0 Å². The van der Waals surface area contributed by atoms with E-state index in [-0.39, 0.29) is 30.4 Å². The van der Waals surface area contributed by atoms with Crippen LogP contribution in [-0.2, 0) is 9.63 Å². The Bertz CT molecular complexity index is 715. The first-order valence-electron chi connectivity index (χ1n) is 6.96. The van der Waals surface area contributed by atoms with Crippen LogP contribution in [-0.4, -0.2) is 29.0 Å². The Morgan fingerprint density at radius 1 is 1.04 bits per heavy atom. The van der Waals surface area contributed by atoms with Crippen molar-refractivity contribution in [2.45, 2.75) is 25.4 Å². The van der Waals surface area contributed by atoms with Gasteiger partial charge in [-0.05, 0) is 31.4 Å². The van der Waals surface area contributed by atoms with Gasteiger partial charge in [0.05, 0.1) is 22.0 Å². The van der Waals surface area contributed by atoms with Gasteiger partial charge in [0.2, 0.25) is 0 Å². The van der Waals surface area contributed by atoms with E-state index in [9.17, 15) is 27.6 Å². The van der Waals surface area contributed by atoms with Crippen molar-refractivity contribution in [2.24, 2.45) is 10.8 Å². The highest BCUT2D eigenvalue weighted by Gasteiger charge is 2.82. The van der Waals surface area contributed by atoms with Crippen LogP contribution < -0.4 is 0 Å². The van der Waals surface area contributed by atoms with E-state index in [2.05, 4.69) is 0 Å². The van der Waals surface area contributed by atoms with Gasteiger partial charge < -0.3 is 4.84 Å². The van der Waals surface area contributed by atoms with Crippen molar-refractivity contribution in [3.8, 4) is 0 Å². The molecule has 3 saturated carbocycles. The first-order chi connectivity index (χ1) is 10.7. The fourth-order valence-electron chi connectivity index (χ4n) is 3.73. The fraction of sp³-hybridized carbons (Fsp3) is 0.400. The van der Waals surface area contributed by atoms with E-state index < -0.39 is 34.8 Å². The molecule has 120 valence electrons. The quantitative estimate of drug-likeness (QED) is 0.784. The third kappa shape index (κ3) is 1.60. The summed E-state index contributed by atoms with van der Waals surface area (Å²) in [4.78, 5) is 41.1. The number of halogens is 3. The van der Waals surface area contributed by atoms with Gasteiger partial charge in [-0.3, -0.25) is 9.59 Å². The summed E-state index contributed by atoms with van der Waals surface area (Å²) in [5, 5.41) is 0.341. The molecule has 0 N–H and O–H groups in total. The predicted molar refractivity (Wildman–Crippen MR) is 67.8 cm³/mol. The lowest BCUT2D eigenvalue weighted by Gasteiger charge is -2.68. The van der Waals surface area contributed by atoms with Crippen LogP contribution in [0.3, 0.4) is 0 Å². The number of benzene rings is 1. The van der Waals surface area contributed by atoms with E-state index >= 15 is 0 Å². The van der Waals surface area contributed by atoms with Crippen molar-refractivity contribution >= 4 is 17.8 Å². The van der Waals surface area contributed by atoms with Crippen LogP contribution in [0.15, 0.2) is 24.3 Å². The van der Waals surface area contributed by atoms with Crippen molar-refractivity contribution in [3.63, 3.8) is 0 Å². The fourth-order valence-corrected chi connectivity index (χ4v) is 3.73. The standard InChI is InChI=1S/C15H10F3NO4/c16-15(17,18)14-5-13(6-14,7-14)12(22)23-19-10(20)8-3-1-2-4-9(8)11(19)21/h1-4H,5-7H2. The van der Waals surface area contributed by atoms with Crippen molar-refractivity contribution < 1.29 is 32.4 Å². The Labute approximate surface area is 128 Å². The molecular formula is C15H10F3NO4. The monoisotopic (exact) mass is 325 g/mol. The summed E-state index contributed by atoms with van der Waals surface area (Å²) in [6.45, 7) is 0. The van der Waals surface area contributed by atoms with Gasteiger partial charge in [0.1, 0.15) is 0 Å². The van der Waals surface area contributed by atoms with E-state index in [1.54, 1.807) is 12.1 Å². The van der Waals surface area contributed by atoms with Crippen LogP contribution in [0.25, 0.3) is 0 Å². The third-order valence-corrected chi connectivity index (χ3v) is 5.00. The second kappa shape index (κ2) is 3.93. The van der Waals surface area contributed by atoms with Crippen molar-refractivity contribution in [1.29, 1.82) is 0 Å². The average molecular weight is 325 g/mol. The molecule has 0 unspecified atom stereocenters. The molecule has 0 aromatic heterocycles. The van der Waals surface area contributed by atoms with Crippen LogP contribution in [0.2, 0.25) is 0 Å². The maximum atomic E-state index is 12.8. The number of fused-ring (bicyclic) bond motifs is 1. The molecule has 1 aromatic rings. The number of imide groups is 1. The molecule has 0 radical (unpaired) electrons. The summed E-state index contributed by atoms with van der Waals surface area (Å²) >= 11 is 0. The van der Waals surface area contributed by atoms with E-state index in [1.807, 2.05) is 0 Å². The van der Waals surface area contributed by atoms with E-state index in [4.69, 9.17) is 4.84 Å². The molecule has 5 rings (SSSR count). The molecule has 0 atom stereocenters. The summed E-state index contributed by atoms with van der Waals surface area (Å²) < 4.78 is 38.4. The smallest absolute Gasteiger partial charge is 0.329 e. The highest BCUT2D eigenvalue weighted by Crippen LogP contribution is 2.78. The number of alkyl halides is 3. The minimum absolute atomic E-state index is 0.106. The number of carbonyl (C=O) groups is 3. The summed E-state index contributed by atoms with van der Waals surface area (Å²) in [7, 11) is 0. The number of carbonyl (C=O) groups excluding carboxylic acids is 3. The molecule has 8 heteroatoms. The van der Waals surface area contributed by atoms with Crippen molar-refractivity contribution in [2.75, 3.05) is 0 Å². The topological polar surface area (TPSA) is 63.7 Å². The van der Waals surface area contributed by atoms with Crippen LogP contribution >= 0.6 is 0 Å². The molecule has 4 aliphatic rings. The number of nitrogens with zero attached hydrogens (tertiary/aromatic N) is 1. The number of hydrogen-bond donors (Lipinski definition) is 0. The van der Waals surface area contributed by atoms with Crippen LogP contribution in [0, 0.1) is 10.8 Å². The molecule has 5 nitrogen and oxygen atoms in total. The molecule has 3 aliphatic carbocycles. The molecule has 1 aromatic carbocycles.